The predicted molar refractivity (Wildman–Crippen MR) is 78.9 cm³/mol. The molecule has 20 heavy (non-hydrogen) atoms. The summed E-state index contributed by atoms with van der Waals surface area (Å²) in [5, 5.41) is 3.62. The Morgan fingerprint density at radius 2 is 2.40 bits per heavy atom. The van der Waals surface area contributed by atoms with Gasteiger partial charge in [0.05, 0.1) is 17.3 Å². The topological polar surface area (TPSA) is 54.5 Å². The second-order valence-electron chi connectivity index (χ2n) is 4.76. The van der Waals surface area contributed by atoms with Gasteiger partial charge in [0.1, 0.15) is 11.9 Å². The van der Waals surface area contributed by atoms with Crippen molar-refractivity contribution in [3.8, 4) is 0 Å². The molecule has 110 valence electrons. The standard InChI is InChI=1S/C14H20ClN3O2/c1-3-20-14(19)12-5-4-8-18(12)9-11-10(15)6-7-13(16-2)17-11/h6-7,12H,3-5,8-9H2,1-2H3,(H,16,17). The van der Waals surface area contributed by atoms with Crippen LogP contribution in [0.25, 0.3) is 0 Å². The van der Waals surface area contributed by atoms with E-state index in [4.69, 9.17) is 16.3 Å². The normalized spacial score (nSPS) is 19.1. The van der Waals surface area contributed by atoms with Gasteiger partial charge >= 0.3 is 5.97 Å². The van der Waals surface area contributed by atoms with Gasteiger partial charge in [-0.1, -0.05) is 11.6 Å². The number of aromatic nitrogens is 1. The van der Waals surface area contributed by atoms with Crippen LogP contribution >= 0.6 is 11.6 Å². The second kappa shape index (κ2) is 6.90. The molecule has 1 aliphatic rings. The van der Waals surface area contributed by atoms with Crippen molar-refractivity contribution in [3.05, 3.63) is 22.8 Å². The molecule has 1 aliphatic heterocycles. The van der Waals surface area contributed by atoms with E-state index < -0.39 is 0 Å². The highest BCUT2D eigenvalue weighted by molar-refractivity contribution is 6.31. The first-order valence-corrected chi connectivity index (χ1v) is 7.27. The molecular formula is C14H20ClN3O2. The molecule has 0 amide bonds. The predicted octanol–water partition coefficient (Wildman–Crippen LogP) is 2.30. The zero-order valence-electron chi connectivity index (χ0n) is 11.9. The zero-order valence-corrected chi connectivity index (χ0v) is 12.6. The molecule has 0 radical (unpaired) electrons. The summed E-state index contributed by atoms with van der Waals surface area (Å²) in [5.74, 6) is 0.627. The summed E-state index contributed by atoms with van der Waals surface area (Å²) in [4.78, 5) is 18.5. The van der Waals surface area contributed by atoms with E-state index in [1.165, 1.54) is 0 Å². The van der Waals surface area contributed by atoms with Crippen molar-refractivity contribution in [2.75, 3.05) is 25.5 Å². The third-order valence-electron chi connectivity index (χ3n) is 3.45. The van der Waals surface area contributed by atoms with Crippen molar-refractivity contribution in [2.24, 2.45) is 0 Å². The Balaban J connectivity index is 2.10. The highest BCUT2D eigenvalue weighted by Crippen LogP contribution is 2.24. The highest BCUT2D eigenvalue weighted by atomic mass is 35.5. The smallest absolute Gasteiger partial charge is 0.323 e. The number of nitrogens with one attached hydrogen (secondary N) is 1. The van der Waals surface area contributed by atoms with E-state index in [2.05, 4.69) is 15.2 Å². The van der Waals surface area contributed by atoms with Crippen molar-refractivity contribution in [2.45, 2.75) is 32.4 Å². The Labute approximate surface area is 124 Å². The molecule has 5 nitrogen and oxygen atoms in total. The largest absolute Gasteiger partial charge is 0.465 e. The lowest BCUT2D eigenvalue weighted by Gasteiger charge is -2.22. The maximum atomic E-state index is 11.9. The molecule has 0 aliphatic carbocycles. The fourth-order valence-electron chi connectivity index (χ4n) is 2.45. The number of hydrogen-bond acceptors (Lipinski definition) is 5. The summed E-state index contributed by atoms with van der Waals surface area (Å²) in [5.41, 5.74) is 0.787. The van der Waals surface area contributed by atoms with Crippen LogP contribution in [0.3, 0.4) is 0 Å². The minimum absolute atomic E-state index is 0.147. The van der Waals surface area contributed by atoms with Gasteiger partial charge in [0.2, 0.25) is 0 Å². The van der Waals surface area contributed by atoms with Gasteiger partial charge < -0.3 is 10.1 Å². The van der Waals surface area contributed by atoms with E-state index in [0.29, 0.717) is 18.2 Å². The minimum atomic E-state index is -0.175. The van der Waals surface area contributed by atoms with E-state index in [-0.39, 0.29) is 12.0 Å². The number of rotatable bonds is 5. The van der Waals surface area contributed by atoms with Crippen LogP contribution in [-0.4, -0.2) is 42.1 Å². The van der Waals surface area contributed by atoms with Crippen molar-refractivity contribution >= 4 is 23.4 Å². The van der Waals surface area contributed by atoms with Crippen molar-refractivity contribution in [3.63, 3.8) is 0 Å². The van der Waals surface area contributed by atoms with Crippen LogP contribution in [0.2, 0.25) is 5.02 Å². The molecule has 2 rings (SSSR count). The third-order valence-corrected chi connectivity index (χ3v) is 3.79. The molecular weight excluding hydrogens is 278 g/mol. The van der Waals surface area contributed by atoms with Gasteiger partial charge in [-0.25, -0.2) is 4.98 Å². The number of anilines is 1. The van der Waals surface area contributed by atoms with Crippen LogP contribution in [0.5, 0.6) is 0 Å². The number of ether oxygens (including phenoxy) is 1. The highest BCUT2D eigenvalue weighted by Gasteiger charge is 2.32. The molecule has 0 aromatic carbocycles. The molecule has 1 atom stereocenters. The summed E-state index contributed by atoms with van der Waals surface area (Å²) in [6.45, 7) is 3.67. The van der Waals surface area contributed by atoms with E-state index in [1.807, 2.05) is 26.1 Å². The first kappa shape index (κ1) is 15.1. The molecule has 1 fully saturated rings. The number of pyridine rings is 1. The number of hydrogen-bond donors (Lipinski definition) is 1. The van der Waals surface area contributed by atoms with Crippen LogP contribution in [0.4, 0.5) is 5.82 Å². The van der Waals surface area contributed by atoms with Gasteiger partial charge in [-0.2, -0.15) is 0 Å². The number of nitrogens with zero attached hydrogens (tertiary/aromatic N) is 2. The Hall–Kier alpha value is -1.33. The Bertz CT molecular complexity index is 481. The van der Waals surface area contributed by atoms with Crippen molar-refractivity contribution < 1.29 is 9.53 Å². The molecule has 1 aromatic heterocycles. The summed E-state index contributed by atoms with van der Waals surface area (Å²) in [7, 11) is 1.82. The van der Waals surface area contributed by atoms with Crippen molar-refractivity contribution in [1.29, 1.82) is 0 Å². The molecule has 0 spiro atoms. The first-order chi connectivity index (χ1) is 9.65. The number of carbonyl (C=O) groups is 1. The number of carbonyl (C=O) groups excluding carboxylic acids is 1. The van der Waals surface area contributed by atoms with Gasteiger partial charge in [-0.05, 0) is 38.4 Å². The van der Waals surface area contributed by atoms with Crippen LogP contribution < -0.4 is 5.32 Å². The van der Waals surface area contributed by atoms with E-state index in [1.54, 1.807) is 0 Å². The number of likely N-dealkylation sites (tertiary alicyclic amines) is 1. The number of esters is 1. The van der Waals surface area contributed by atoms with E-state index >= 15 is 0 Å². The monoisotopic (exact) mass is 297 g/mol. The lowest BCUT2D eigenvalue weighted by atomic mass is 10.2. The molecule has 0 bridgehead atoms. The molecule has 0 saturated carbocycles. The molecule has 1 saturated heterocycles. The summed E-state index contributed by atoms with van der Waals surface area (Å²) < 4.78 is 5.12. The lowest BCUT2D eigenvalue weighted by Crippen LogP contribution is -2.37. The van der Waals surface area contributed by atoms with Crippen LogP contribution in [-0.2, 0) is 16.1 Å². The number of halogens is 1. The molecule has 2 heterocycles. The maximum absolute atomic E-state index is 11.9. The quantitative estimate of drug-likeness (QED) is 0.845. The molecule has 1 aromatic rings. The second-order valence-corrected chi connectivity index (χ2v) is 5.16. The van der Waals surface area contributed by atoms with Crippen LogP contribution in [0.1, 0.15) is 25.5 Å². The zero-order chi connectivity index (χ0) is 14.5. The lowest BCUT2D eigenvalue weighted by molar-refractivity contribution is -0.148. The first-order valence-electron chi connectivity index (χ1n) is 6.89. The van der Waals surface area contributed by atoms with Crippen LogP contribution in [0.15, 0.2) is 12.1 Å². The van der Waals surface area contributed by atoms with E-state index in [9.17, 15) is 4.79 Å². The van der Waals surface area contributed by atoms with Gasteiger partial charge in [0.25, 0.3) is 0 Å². The molecule has 6 heteroatoms. The summed E-state index contributed by atoms with van der Waals surface area (Å²) in [6.07, 6.45) is 1.83. The van der Waals surface area contributed by atoms with Gasteiger partial charge in [0.15, 0.2) is 0 Å². The average molecular weight is 298 g/mol. The summed E-state index contributed by atoms with van der Waals surface area (Å²) >= 11 is 6.19. The fraction of sp³-hybridized carbons (Fsp3) is 0.571. The van der Waals surface area contributed by atoms with Gasteiger partial charge in [0, 0.05) is 13.6 Å². The maximum Gasteiger partial charge on any atom is 0.323 e. The SMILES string of the molecule is CCOC(=O)C1CCCN1Cc1nc(NC)ccc1Cl. The Kier molecular flexibility index (Phi) is 5.20. The molecule has 1 N–H and O–H groups in total. The fourth-order valence-corrected chi connectivity index (χ4v) is 2.61. The third kappa shape index (κ3) is 3.41. The average Bonchev–Trinajstić information content (AvgIpc) is 2.90. The van der Waals surface area contributed by atoms with E-state index in [0.717, 1.165) is 30.9 Å². The van der Waals surface area contributed by atoms with Gasteiger partial charge in [-0.3, -0.25) is 9.69 Å². The minimum Gasteiger partial charge on any atom is -0.465 e. The van der Waals surface area contributed by atoms with Crippen molar-refractivity contribution in [1.82, 2.24) is 9.88 Å². The molecule has 1 unspecified atom stereocenters. The van der Waals surface area contributed by atoms with Gasteiger partial charge in [-0.15, -0.1) is 0 Å². The Morgan fingerprint density at radius 1 is 1.60 bits per heavy atom. The Morgan fingerprint density at radius 3 is 3.10 bits per heavy atom. The van der Waals surface area contributed by atoms with Crippen LogP contribution in [0, 0.1) is 0 Å². The summed E-state index contributed by atoms with van der Waals surface area (Å²) in [6, 6.07) is 3.48.